The van der Waals surface area contributed by atoms with Gasteiger partial charge in [-0.15, -0.1) is 0 Å². The van der Waals surface area contributed by atoms with Crippen LogP contribution in [-0.4, -0.2) is 31.1 Å². The number of piperidine rings is 1. The highest BCUT2D eigenvalue weighted by atomic mass is 35.5. The van der Waals surface area contributed by atoms with Gasteiger partial charge in [-0.3, -0.25) is 0 Å². The largest absolute Gasteiger partial charge is 0.312 e. The molecule has 1 aliphatic rings. The molecule has 1 aromatic rings. The van der Waals surface area contributed by atoms with Gasteiger partial charge in [0.1, 0.15) is 5.82 Å². The summed E-state index contributed by atoms with van der Waals surface area (Å²) in [5.41, 5.74) is 0.903. The Balaban J connectivity index is 1.69. The van der Waals surface area contributed by atoms with Crippen LogP contribution in [0, 0.1) is 11.7 Å². The fourth-order valence-corrected chi connectivity index (χ4v) is 3.07. The van der Waals surface area contributed by atoms with Gasteiger partial charge >= 0.3 is 0 Å². The number of halogens is 2. The Kier molecular flexibility index (Phi) is 6.27. The van der Waals surface area contributed by atoms with Crippen molar-refractivity contribution in [3.05, 3.63) is 34.6 Å². The van der Waals surface area contributed by atoms with Gasteiger partial charge in [-0.1, -0.05) is 24.9 Å². The zero-order valence-corrected chi connectivity index (χ0v) is 12.9. The number of hydrogen-bond acceptors (Lipinski definition) is 2. The van der Waals surface area contributed by atoms with E-state index in [-0.39, 0.29) is 5.82 Å². The van der Waals surface area contributed by atoms with Crippen molar-refractivity contribution in [2.75, 3.05) is 26.2 Å². The minimum absolute atomic E-state index is 0.268. The lowest BCUT2D eigenvalue weighted by Crippen LogP contribution is -2.36. The van der Waals surface area contributed by atoms with Crippen LogP contribution in [-0.2, 0) is 6.54 Å². The summed E-state index contributed by atoms with van der Waals surface area (Å²) in [6.07, 6.45) is 4.05. The molecular formula is C16H24ClFN2. The van der Waals surface area contributed by atoms with E-state index in [1.54, 1.807) is 0 Å². The van der Waals surface area contributed by atoms with Gasteiger partial charge in [-0.25, -0.2) is 4.39 Å². The summed E-state index contributed by atoms with van der Waals surface area (Å²) < 4.78 is 13.2. The molecule has 112 valence electrons. The summed E-state index contributed by atoms with van der Waals surface area (Å²) in [4.78, 5) is 2.55. The first-order valence-electron chi connectivity index (χ1n) is 7.51. The topological polar surface area (TPSA) is 15.3 Å². The van der Waals surface area contributed by atoms with Crippen molar-refractivity contribution in [3.63, 3.8) is 0 Å². The third kappa shape index (κ3) is 5.39. The van der Waals surface area contributed by atoms with Gasteiger partial charge in [-0.05, 0) is 62.2 Å². The Morgan fingerprint density at radius 1 is 1.25 bits per heavy atom. The highest BCUT2D eigenvalue weighted by Crippen LogP contribution is 2.14. The third-order valence-corrected chi connectivity index (χ3v) is 3.98. The molecule has 4 heteroatoms. The normalized spacial score (nSPS) is 18.1. The van der Waals surface area contributed by atoms with Crippen LogP contribution in [0.25, 0.3) is 0 Å². The summed E-state index contributed by atoms with van der Waals surface area (Å²) in [5, 5.41) is 3.85. The first kappa shape index (κ1) is 15.7. The Hall–Kier alpha value is -0.640. The molecule has 0 radical (unpaired) electrons. The molecule has 1 fully saturated rings. The second kappa shape index (κ2) is 7.96. The predicted octanol–water partition coefficient (Wildman–Crippen LogP) is 3.69. The van der Waals surface area contributed by atoms with Crippen LogP contribution in [0.1, 0.15) is 31.7 Å². The van der Waals surface area contributed by atoms with E-state index >= 15 is 0 Å². The van der Waals surface area contributed by atoms with Crippen molar-refractivity contribution in [3.8, 4) is 0 Å². The van der Waals surface area contributed by atoms with Crippen LogP contribution >= 0.6 is 11.6 Å². The Morgan fingerprint density at radius 2 is 2.00 bits per heavy atom. The smallest absolute Gasteiger partial charge is 0.125 e. The van der Waals surface area contributed by atoms with Gasteiger partial charge in [0.05, 0.1) is 0 Å². The molecule has 1 unspecified atom stereocenters. The minimum atomic E-state index is -0.268. The molecule has 1 atom stereocenters. The lowest BCUT2D eigenvalue weighted by molar-refractivity contribution is 0.199. The van der Waals surface area contributed by atoms with Gasteiger partial charge in [0.2, 0.25) is 0 Å². The van der Waals surface area contributed by atoms with E-state index < -0.39 is 0 Å². The van der Waals surface area contributed by atoms with Crippen molar-refractivity contribution in [2.24, 2.45) is 5.92 Å². The first-order valence-corrected chi connectivity index (χ1v) is 7.89. The number of rotatable bonds is 6. The maximum atomic E-state index is 13.2. The summed E-state index contributed by atoms with van der Waals surface area (Å²) in [7, 11) is 0. The maximum absolute atomic E-state index is 13.2. The van der Waals surface area contributed by atoms with Crippen LogP contribution in [0.15, 0.2) is 18.2 Å². The van der Waals surface area contributed by atoms with E-state index in [1.807, 2.05) is 6.07 Å². The summed E-state index contributed by atoms with van der Waals surface area (Å²) in [6.45, 7) is 7.51. The summed E-state index contributed by atoms with van der Waals surface area (Å²) in [6, 6.07) is 4.69. The van der Waals surface area contributed by atoms with E-state index in [9.17, 15) is 4.39 Å². The highest BCUT2D eigenvalue weighted by Gasteiger charge is 2.13. The molecule has 0 bridgehead atoms. The molecule has 0 spiro atoms. The predicted molar refractivity (Wildman–Crippen MR) is 82.6 cm³/mol. The van der Waals surface area contributed by atoms with Gasteiger partial charge in [-0.2, -0.15) is 0 Å². The van der Waals surface area contributed by atoms with Crippen LogP contribution in [0.2, 0.25) is 5.02 Å². The molecule has 1 heterocycles. The molecule has 0 aliphatic carbocycles. The number of nitrogens with zero attached hydrogens (tertiary/aromatic N) is 1. The molecule has 1 aliphatic heterocycles. The molecule has 0 saturated carbocycles. The fourth-order valence-electron chi connectivity index (χ4n) is 2.82. The van der Waals surface area contributed by atoms with Gasteiger partial charge in [0.25, 0.3) is 0 Å². The molecule has 20 heavy (non-hydrogen) atoms. The van der Waals surface area contributed by atoms with Crippen LogP contribution in [0.5, 0.6) is 0 Å². The van der Waals surface area contributed by atoms with Crippen molar-refractivity contribution >= 4 is 11.6 Å². The molecule has 0 amide bonds. The average molecular weight is 299 g/mol. The Labute approximate surface area is 126 Å². The first-order chi connectivity index (χ1) is 9.63. The van der Waals surface area contributed by atoms with Crippen molar-refractivity contribution in [1.82, 2.24) is 10.2 Å². The van der Waals surface area contributed by atoms with Crippen LogP contribution in [0.3, 0.4) is 0 Å². The standard InChI is InChI=1S/C16H24ClFN2/c1-13(12-20-5-3-2-4-6-20)10-19-11-14-7-15(17)9-16(18)8-14/h7-9,13,19H,2-6,10-12H2,1H3. The van der Waals surface area contributed by atoms with Gasteiger partial charge < -0.3 is 10.2 Å². The molecule has 1 N–H and O–H groups in total. The van der Waals surface area contributed by atoms with Crippen molar-refractivity contribution in [1.29, 1.82) is 0 Å². The zero-order valence-electron chi connectivity index (χ0n) is 12.2. The number of nitrogens with one attached hydrogen (secondary N) is 1. The van der Waals surface area contributed by atoms with E-state index in [1.165, 1.54) is 44.5 Å². The molecule has 1 aromatic carbocycles. The summed E-state index contributed by atoms with van der Waals surface area (Å²) in [5.74, 6) is 0.341. The quantitative estimate of drug-likeness (QED) is 0.861. The third-order valence-electron chi connectivity index (χ3n) is 3.76. The molecular weight excluding hydrogens is 275 g/mol. The van der Waals surface area contributed by atoms with Crippen molar-refractivity contribution in [2.45, 2.75) is 32.7 Å². The van der Waals surface area contributed by atoms with Gasteiger partial charge in [0, 0.05) is 18.1 Å². The van der Waals surface area contributed by atoms with E-state index in [0.29, 0.717) is 17.5 Å². The van der Waals surface area contributed by atoms with E-state index in [4.69, 9.17) is 11.6 Å². The monoisotopic (exact) mass is 298 g/mol. The number of likely N-dealkylation sites (tertiary alicyclic amines) is 1. The number of hydrogen-bond donors (Lipinski definition) is 1. The molecule has 2 nitrogen and oxygen atoms in total. The summed E-state index contributed by atoms with van der Waals surface area (Å²) >= 11 is 5.85. The van der Waals surface area contributed by atoms with Crippen LogP contribution in [0.4, 0.5) is 4.39 Å². The lowest BCUT2D eigenvalue weighted by atomic mass is 10.1. The van der Waals surface area contributed by atoms with E-state index in [2.05, 4.69) is 17.1 Å². The SMILES string of the molecule is CC(CNCc1cc(F)cc(Cl)c1)CN1CCCCC1. The fraction of sp³-hybridized carbons (Fsp3) is 0.625. The van der Waals surface area contributed by atoms with Crippen molar-refractivity contribution < 1.29 is 4.39 Å². The van der Waals surface area contributed by atoms with Gasteiger partial charge in [0.15, 0.2) is 0 Å². The second-order valence-corrected chi connectivity index (χ2v) is 6.31. The zero-order chi connectivity index (χ0) is 14.4. The molecule has 0 aromatic heterocycles. The lowest BCUT2D eigenvalue weighted by Gasteiger charge is -2.29. The Morgan fingerprint density at radius 3 is 2.70 bits per heavy atom. The maximum Gasteiger partial charge on any atom is 0.125 e. The second-order valence-electron chi connectivity index (χ2n) is 5.88. The average Bonchev–Trinajstić information content (AvgIpc) is 2.38. The molecule has 2 rings (SSSR count). The highest BCUT2D eigenvalue weighted by molar-refractivity contribution is 6.30. The Bertz CT molecular complexity index is 399. The molecule has 1 saturated heterocycles. The van der Waals surface area contributed by atoms with Crippen LogP contribution < -0.4 is 5.32 Å². The van der Waals surface area contributed by atoms with E-state index in [0.717, 1.165) is 18.7 Å². The minimum Gasteiger partial charge on any atom is -0.312 e. The number of benzene rings is 1.